The van der Waals surface area contributed by atoms with Gasteiger partial charge in [-0.15, -0.1) is 0 Å². The van der Waals surface area contributed by atoms with Gasteiger partial charge < -0.3 is 5.32 Å². The van der Waals surface area contributed by atoms with Gasteiger partial charge in [0, 0.05) is 15.7 Å². The van der Waals surface area contributed by atoms with Gasteiger partial charge in [-0.2, -0.15) is 5.26 Å². The number of rotatable bonds is 2. The monoisotopic (exact) mass is 348 g/mol. The Bertz CT molecular complexity index is 702. The summed E-state index contributed by atoms with van der Waals surface area (Å²) < 4.78 is 0.844. The van der Waals surface area contributed by atoms with E-state index in [1.165, 1.54) is 0 Å². The van der Waals surface area contributed by atoms with E-state index in [0.29, 0.717) is 21.8 Å². The molecule has 100 valence electrons. The van der Waals surface area contributed by atoms with Gasteiger partial charge in [0.25, 0.3) is 5.91 Å². The summed E-state index contributed by atoms with van der Waals surface area (Å²) in [6.45, 7) is 1.91. The number of hydrogen-bond acceptors (Lipinski definition) is 2. The van der Waals surface area contributed by atoms with E-state index in [1.807, 2.05) is 19.1 Å². The van der Waals surface area contributed by atoms with Crippen molar-refractivity contribution in [2.75, 3.05) is 5.32 Å². The van der Waals surface area contributed by atoms with Crippen LogP contribution in [0.25, 0.3) is 0 Å². The van der Waals surface area contributed by atoms with Gasteiger partial charge in [-0.05, 0) is 48.9 Å². The first-order valence-electron chi connectivity index (χ1n) is 5.78. The molecule has 3 nitrogen and oxygen atoms in total. The summed E-state index contributed by atoms with van der Waals surface area (Å²) in [6.07, 6.45) is 0. The van der Waals surface area contributed by atoms with Crippen molar-refractivity contribution in [3.8, 4) is 6.07 Å². The number of aryl methyl sites for hydroxylation is 1. The molecule has 0 spiro atoms. The van der Waals surface area contributed by atoms with Gasteiger partial charge in [-0.3, -0.25) is 4.79 Å². The number of halogens is 2. The minimum Gasteiger partial charge on any atom is -0.322 e. The molecule has 0 aliphatic heterocycles. The van der Waals surface area contributed by atoms with Gasteiger partial charge >= 0.3 is 0 Å². The van der Waals surface area contributed by atoms with Crippen molar-refractivity contribution in [1.29, 1.82) is 5.26 Å². The minimum atomic E-state index is -0.236. The lowest BCUT2D eigenvalue weighted by Gasteiger charge is -2.07. The lowest BCUT2D eigenvalue weighted by atomic mass is 10.1. The number of benzene rings is 2. The predicted octanol–water partition coefficient (Wildman–Crippen LogP) is 4.53. The van der Waals surface area contributed by atoms with Crippen LogP contribution in [0.3, 0.4) is 0 Å². The molecule has 1 amide bonds. The number of anilines is 1. The zero-order chi connectivity index (χ0) is 14.7. The average Bonchev–Trinajstić information content (AvgIpc) is 2.39. The van der Waals surface area contributed by atoms with E-state index >= 15 is 0 Å². The van der Waals surface area contributed by atoms with Crippen LogP contribution in [-0.2, 0) is 0 Å². The highest BCUT2D eigenvalue weighted by Crippen LogP contribution is 2.21. The molecule has 0 unspecified atom stereocenters. The average molecular weight is 350 g/mol. The fraction of sp³-hybridized carbons (Fsp3) is 0.0667. The number of nitrogens with zero attached hydrogens (tertiary/aromatic N) is 1. The summed E-state index contributed by atoms with van der Waals surface area (Å²) in [5.74, 6) is -0.236. The molecule has 20 heavy (non-hydrogen) atoms. The second-order valence-electron chi connectivity index (χ2n) is 4.28. The van der Waals surface area contributed by atoms with Crippen LogP contribution in [0.4, 0.5) is 5.69 Å². The number of amides is 1. The van der Waals surface area contributed by atoms with Gasteiger partial charge in [0.2, 0.25) is 0 Å². The molecule has 0 atom stereocenters. The molecule has 2 aromatic carbocycles. The Kier molecular flexibility index (Phi) is 4.43. The van der Waals surface area contributed by atoms with Gasteiger partial charge in [-0.25, -0.2) is 0 Å². The fourth-order valence-corrected chi connectivity index (χ4v) is 2.53. The Morgan fingerprint density at radius 2 is 2.05 bits per heavy atom. The molecule has 0 saturated heterocycles. The molecule has 0 saturated carbocycles. The standard InChI is InChI=1S/C15H10BrClN2O/c1-9-4-10(6-12(16)5-9)15(20)19-13-2-3-14(17)11(7-13)8-18/h2-7H,1H3,(H,19,20). The molecule has 0 bridgehead atoms. The Morgan fingerprint density at radius 1 is 1.30 bits per heavy atom. The van der Waals surface area contributed by atoms with Crippen LogP contribution in [0.5, 0.6) is 0 Å². The van der Waals surface area contributed by atoms with Crippen molar-refractivity contribution >= 4 is 39.1 Å². The van der Waals surface area contributed by atoms with Crippen molar-refractivity contribution in [2.24, 2.45) is 0 Å². The highest BCUT2D eigenvalue weighted by molar-refractivity contribution is 9.10. The molecule has 2 aromatic rings. The number of carbonyl (C=O) groups is 1. The molecule has 0 aliphatic rings. The van der Waals surface area contributed by atoms with Crippen molar-refractivity contribution in [3.63, 3.8) is 0 Å². The summed E-state index contributed by atoms with van der Waals surface area (Å²) in [5.41, 5.74) is 2.40. The predicted molar refractivity (Wildman–Crippen MR) is 83.0 cm³/mol. The summed E-state index contributed by atoms with van der Waals surface area (Å²) in [5, 5.41) is 12.0. The van der Waals surface area contributed by atoms with E-state index in [9.17, 15) is 4.79 Å². The quantitative estimate of drug-likeness (QED) is 0.865. The first-order valence-corrected chi connectivity index (χ1v) is 6.95. The van der Waals surface area contributed by atoms with Gasteiger partial charge in [0.05, 0.1) is 10.6 Å². The van der Waals surface area contributed by atoms with Crippen LogP contribution in [0, 0.1) is 18.3 Å². The number of carbonyl (C=O) groups excluding carboxylic acids is 1. The van der Waals surface area contributed by atoms with Crippen molar-refractivity contribution in [1.82, 2.24) is 0 Å². The molecule has 2 rings (SSSR count). The first-order chi connectivity index (χ1) is 9.49. The Morgan fingerprint density at radius 3 is 2.70 bits per heavy atom. The molecular formula is C15H10BrClN2O. The van der Waals surface area contributed by atoms with E-state index in [4.69, 9.17) is 16.9 Å². The maximum absolute atomic E-state index is 12.2. The number of hydrogen-bond donors (Lipinski definition) is 1. The van der Waals surface area contributed by atoms with Gasteiger partial charge in [0.1, 0.15) is 6.07 Å². The first kappa shape index (κ1) is 14.6. The third-order valence-electron chi connectivity index (χ3n) is 2.65. The number of nitrogens with one attached hydrogen (secondary N) is 1. The van der Waals surface area contributed by atoms with Crippen molar-refractivity contribution in [3.05, 3.63) is 62.6 Å². The lowest BCUT2D eigenvalue weighted by Crippen LogP contribution is -2.12. The van der Waals surface area contributed by atoms with Crippen LogP contribution in [-0.4, -0.2) is 5.91 Å². The zero-order valence-electron chi connectivity index (χ0n) is 10.6. The van der Waals surface area contributed by atoms with Crippen LogP contribution < -0.4 is 5.32 Å². The summed E-state index contributed by atoms with van der Waals surface area (Å²) >= 11 is 9.21. The van der Waals surface area contributed by atoms with Crippen LogP contribution in [0.1, 0.15) is 21.5 Å². The molecule has 0 aromatic heterocycles. The third kappa shape index (κ3) is 3.38. The summed E-state index contributed by atoms with van der Waals surface area (Å²) in [7, 11) is 0. The lowest BCUT2D eigenvalue weighted by molar-refractivity contribution is 0.102. The van der Waals surface area contributed by atoms with E-state index in [1.54, 1.807) is 30.3 Å². The minimum absolute atomic E-state index is 0.236. The Hall–Kier alpha value is -1.83. The van der Waals surface area contributed by atoms with Gasteiger partial charge in [0.15, 0.2) is 0 Å². The van der Waals surface area contributed by atoms with Crippen LogP contribution in [0.15, 0.2) is 40.9 Å². The van der Waals surface area contributed by atoms with Crippen LogP contribution >= 0.6 is 27.5 Å². The highest BCUT2D eigenvalue weighted by Gasteiger charge is 2.09. The van der Waals surface area contributed by atoms with E-state index < -0.39 is 0 Å². The van der Waals surface area contributed by atoms with E-state index in [2.05, 4.69) is 21.2 Å². The molecular weight excluding hydrogens is 340 g/mol. The fourth-order valence-electron chi connectivity index (χ4n) is 1.76. The molecule has 0 heterocycles. The number of nitriles is 1. The Balaban J connectivity index is 2.26. The smallest absolute Gasteiger partial charge is 0.255 e. The maximum atomic E-state index is 12.2. The Labute approximate surface area is 130 Å². The van der Waals surface area contributed by atoms with E-state index in [-0.39, 0.29) is 5.91 Å². The molecule has 0 fully saturated rings. The second kappa shape index (κ2) is 6.08. The van der Waals surface area contributed by atoms with Crippen molar-refractivity contribution < 1.29 is 4.79 Å². The summed E-state index contributed by atoms with van der Waals surface area (Å²) in [4.78, 5) is 12.2. The van der Waals surface area contributed by atoms with Crippen LogP contribution in [0.2, 0.25) is 5.02 Å². The van der Waals surface area contributed by atoms with E-state index in [0.717, 1.165) is 10.0 Å². The van der Waals surface area contributed by atoms with Gasteiger partial charge in [-0.1, -0.05) is 27.5 Å². The van der Waals surface area contributed by atoms with Crippen molar-refractivity contribution in [2.45, 2.75) is 6.92 Å². The largest absolute Gasteiger partial charge is 0.322 e. The molecule has 0 aliphatic carbocycles. The second-order valence-corrected chi connectivity index (χ2v) is 5.60. The summed E-state index contributed by atoms with van der Waals surface area (Å²) in [6, 6.07) is 12.2. The molecule has 1 N–H and O–H groups in total. The molecule has 0 radical (unpaired) electrons. The normalized spacial score (nSPS) is 9.90. The molecule has 5 heteroatoms. The zero-order valence-corrected chi connectivity index (χ0v) is 12.9. The topological polar surface area (TPSA) is 52.9 Å². The third-order valence-corrected chi connectivity index (χ3v) is 3.44. The highest BCUT2D eigenvalue weighted by atomic mass is 79.9. The SMILES string of the molecule is Cc1cc(Br)cc(C(=O)Nc2ccc(Cl)c(C#N)c2)c1. The maximum Gasteiger partial charge on any atom is 0.255 e.